The number of rotatable bonds is 14. The Morgan fingerprint density at radius 1 is 0.857 bits per heavy atom. The van der Waals surface area contributed by atoms with Crippen LogP contribution in [-0.4, -0.2) is 76.0 Å². The van der Waals surface area contributed by atoms with Crippen molar-refractivity contribution in [3.8, 4) is 0 Å². The Morgan fingerprint density at radius 2 is 1.41 bits per heavy atom. The Hall–Kier alpha value is -5.23. The summed E-state index contributed by atoms with van der Waals surface area (Å²) in [4.78, 5) is 67.0. The lowest BCUT2D eigenvalue weighted by Crippen LogP contribution is -2.59. The van der Waals surface area contributed by atoms with Gasteiger partial charge in [-0.1, -0.05) is 84.9 Å². The zero-order valence-electron chi connectivity index (χ0n) is 28.1. The van der Waals surface area contributed by atoms with Gasteiger partial charge in [-0.15, -0.1) is 0 Å². The molecule has 3 atom stereocenters. The number of carbonyl (C=O) groups is 5. The maximum Gasteiger partial charge on any atom is 0.408 e. The van der Waals surface area contributed by atoms with E-state index in [1.165, 1.54) is 4.90 Å². The molecule has 0 saturated carbocycles. The lowest BCUT2D eigenvalue weighted by atomic mass is 9.98. The van der Waals surface area contributed by atoms with Gasteiger partial charge in [0.2, 0.25) is 17.7 Å². The molecular formula is C37H45N5O7. The molecule has 3 aromatic carbocycles. The number of amides is 5. The number of aliphatic hydroxyl groups is 1. The third-order valence-corrected chi connectivity index (χ3v) is 8.07. The van der Waals surface area contributed by atoms with Crippen LogP contribution < -0.4 is 21.7 Å². The van der Waals surface area contributed by atoms with Gasteiger partial charge in [0.1, 0.15) is 12.6 Å². The van der Waals surface area contributed by atoms with E-state index in [9.17, 15) is 29.1 Å². The van der Waals surface area contributed by atoms with Crippen LogP contribution in [0.15, 0.2) is 84.9 Å². The zero-order valence-corrected chi connectivity index (χ0v) is 28.1. The first-order valence-corrected chi connectivity index (χ1v) is 16.2. The number of aliphatic hydroxyl groups excluding tert-OH is 1. The summed E-state index contributed by atoms with van der Waals surface area (Å²) >= 11 is 0. The summed E-state index contributed by atoms with van der Waals surface area (Å²) in [6, 6.07) is 22.5. The van der Waals surface area contributed by atoms with Crippen LogP contribution in [0.1, 0.15) is 49.4 Å². The number of hydrogen-bond donors (Lipinski definition) is 5. The molecule has 0 bridgehead atoms. The van der Waals surface area contributed by atoms with E-state index in [4.69, 9.17) is 10.5 Å². The molecule has 1 aliphatic carbocycles. The van der Waals surface area contributed by atoms with Gasteiger partial charge in [-0.2, -0.15) is 0 Å². The van der Waals surface area contributed by atoms with Crippen molar-refractivity contribution < 1.29 is 33.8 Å². The van der Waals surface area contributed by atoms with Gasteiger partial charge in [-0.05, 0) is 62.3 Å². The molecule has 3 aromatic rings. The van der Waals surface area contributed by atoms with Crippen molar-refractivity contribution in [1.82, 2.24) is 20.9 Å². The molecule has 3 unspecified atom stereocenters. The van der Waals surface area contributed by atoms with Crippen molar-refractivity contribution in [2.75, 3.05) is 6.54 Å². The summed E-state index contributed by atoms with van der Waals surface area (Å²) in [5, 5.41) is 19.6. The third-order valence-electron chi connectivity index (χ3n) is 8.07. The first kappa shape index (κ1) is 36.6. The summed E-state index contributed by atoms with van der Waals surface area (Å²) in [6.07, 6.45) is -2.32. The molecule has 0 spiro atoms. The molecular weight excluding hydrogens is 626 g/mol. The number of benzene rings is 3. The number of hydrogen-bond acceptors (Lipinski definition) is 7. The number of alkyl carbamates (subject to hydrolysis) is 1. The molecule has 49 heavy (non-hydrogen) atoms. The Kier molecular flexibility index (Phi) is 12.5. The highest BCUT2D eigenvalue weighted by Crippen LogP contribution is 2.26. The highest BCUT2D eigenvalue weighted by atomic mass is 16.5. The van der Waals surface area contributed by atoms with Gasteiger partial charge in [0.05, 0.1) is 19.0 Å². The Balaban J connectivity index is 1.56. The summed E-state index contributed by atoms with van der Waals surface area (Å²) < 4.78 is 5.23. The minimum atomic E-state index is -1.80. The Bertz CT molecular complexity index is 1590. The van der Waals surface area contributed by atoms with Gasteiger partial charge in [0, 0.05) is 11.6 Å². The number of carbonyl (C=O) groups excluding carboxylic acids is 5. The van der Waals surface area contributed by atoms with Crippen molar-refractivity contribution in [1.29, 1.82) is 0 Å². The van der Waals surface area contributed by atoms with Crippen molar-refractivity contribution in [3.63, 3.8) is 0 Å². The normalized spacial score (nSPS) is 14.4. The molecule has 6 N–H and O–H groups in total. The molecule has 0 aromatic heterocycles. The van der Waals surface area contributed by atoms with Gasteiger partial charge in [0.25, 0.3) is 5.91 Å². The van der Waals surface area contributed by atoms with Gasteiger partial charge >= 0.3 is 6.09 Å². The number of nitrogens with one attached hydrogen (secondary N) is 3. The van der Waals surface area contributed by atoms with Crippen LogP contribution >= 0.6 is 0 Å². The second-order valence-corrected chi connectivity index (χ2v) is 13.3. The topological polar surface area (TPSA) is 180 Å². The average molecular weight is 672 g/mol. The maximum absolute atomic E-state index is 14.2. The number of primary amides is 1. The van der Waals surface area contributed by atoms with E-state index >= 15 is 0 Å². The largest absolute Gasteiger partial charge is 0.445 e. The predicted octanol–water partition coefficient (Wildman–Crippen LogP) is 2.16. The van der Waals surface area contributed by atoms with Crippen LogP contribution in [0.2, 0.25) is 0 Å². The number of fused-ring (bicyclic) bond motifs is 1. The van der Waals surface area contributed by atoms with E-state index in [0.717, 1.165) is 11.1 Å². The van der Waals surface area contributed by atoms with Crippen LogP contribution in [0.25, 0.3) is 0 Å². The van der Waals surface area contributed by atoms with Gasteiger partial charge < -0.3 is 36.4 Å². The van der Waals surface area contributed by atoms with Crippen LogP contribution in [0.3, 0.4) is 0 Å². The van der Waals surface area contributed by atoms with Crippen molar-refractivity contribution >= 4 is 29.7 Å². The fourth-order valence-corrected chi connectivity index (χ4v) is 5.81. The summed E-state index contributed by atoms with van der Waals surface area (Å²) in [5.74, 6) is -2.86. The minimum absolute atomic E-state index is 0.0220. The Labute approximate surface area is 286 Å². The SMILES string of the molecule is CC(C)(C)NC(=O)CN(C(=O)C(O)C(Cc1ccccc1)NC(=O)C(CC(N)=O)NC(=O)OCc1ccccc1)C1Cc2ccccc2C1. The van der Waals surface area contributed by atoms with Crippen molar-refractivity contribution in [2.24, 2.45) is 5.73 Å². The average Bonchev–Trinajstić information content (AvgIpc) is 3.49. The summed E-state index contributed by atoms with van der Waals surface area (Å²) in [5.41, 5.74) is 8.36. The minimum Gasteiger partial charge on any atom is -0.445 e. The smallest absolute Gasteiger partial charge is 0.408 e. The molecule has 0 radical (unpaired) electrons. The predicted molar refractivity (Wildman–Crippen MR) is 183 cm³/mol. The third kappa shape index (κ3) is 11.2. The molecule has 0 saturated heterocycles. The standard InChI is InChI=1S/C37H45N5O7/c1-37(2,3)41-32(44)22-42(28-19-26-16-10-11-17-27(26)20-28)35(47)33(45)29(18-24-12-6-4-7-13-24)39-34(46)30(21-31(38)43)40-36(48)49-23-25-14-8-5-9-15-25/h4-17,28-30,33,45H,18-23H2,1-3H3,(H2,38,43)(H,39,46)(H,40,48)(H,41,44). The summed E-state index contributed by atoms with van der Waals surface area (Å²) in [6.45, 7) is 5.10. The quantitative estimate of drug-likeness (QED) is 0.174. The maximum atomic E-state index is 14.2. The van der Waals surface area contributed by atoms with E-state index in [0.29, 0.717) is 24.0 Å². The van der Waals surface area contributed by atoms with E-state index in [-0.39, 0.29) is 19.6 Å². The molecule has 0 fully saturated rings. The lowest BCUT2D eigenvalue weighted by Gasteiger charge is -2.34. The molecule has 0 heterocycles. The summed E-state index contributed by atoms with van der Waals surface area (Å²) in [7, 11) is 0. The number of nitrogens with two attached hydrogens (primary N) is 1. The van der Waals surface area contributed by atoms with E-state index in [1.807, 2.05) is 51.1 Å². The van der Waals surface area contributed by atoms with Crippen LogP contribution in [0.5, 0.6) is 0 Å². The van der Waals surface area contributed by atoms with Crippen molar-refractivity contribution in [2.45, 2.75) is 82.8 Å². The van der Waals surface area contributed by atoms with Gasteiger partial charge in [-0.25, -0.2) is 4.79 Å². The highest BCUT2D eigenvalue weighted by molar-refractivity contribution is 5.92. The highest BCUT2D eigenvalue weighted by Gasteiger charge is 2.39. The van der Waals surface area contributed by atoms with Crippen LogP contribution in [0.4, 0.5) is 4.79 Å². The van der Waals surface area contributed by atoms with Crippen LogP contribution in [-0.2, 0) is 49.8 Å². The van der Waals surface area contributed by atoms with Crippen LogP contribution in [0, 0.1) is 0 Å². The molecule has 4 rings (SSSR count). The molecule has 5 amide bonds. The first-order chi connectivity index (χ1) is 23.3. The zero-order chi connectivity index (χ0) is 35.6. The van der Waals surface area contributed by atoms with Crippen molar-refractivity contribution in [3.05, 3.63) is 107 Å². The number of ether oxygens (including phenoxy) is 1. The second-order valence-electron chi connectivity index (χ2n) is 13.3. The molecule has 260 valence electrons. The van der Waals surface area contributed by atoms with E-state index in [2.05, 4.69) is 16.0 Å². The van der Waals surface area contributed by atoms with E-state index < -0.39 is 65.9 Å². The second kappa shape index (κ2) is 16.7. The number of nitrogens with zero attached hydrogens (tertiary/aromatic N) is 1. The molecule has 12 heteroatoms. The lowest BCUT2D eigenvalue weighted by molar-refractivity contribution is -0.148. The van der Waals surface area contributed by atoms with Gasteiger partial charge in [-0.3, -0.25) is 19.2 Å². The van der Waals surface area contributed by atoms with Gasteiger partial charge in [0.15, 0.2) is 6.10 Å². The molecule has 0 aliphatic heterocycles. The molecule has 12 nitrogen and oxygen atoms in total. The first-order valence-electron chi connectivity index (χ1n) is 16.2. The fourth-order valence-electron chi connectivity index (χ4n) is 5.81. The van der Waals surface area contributed by atoms with E-state index in [1.54, 1.807) is 54.6 Å². The molecule has 1 aliphatic rings. The fraction of sp³-hybridized carbons (Fsp3) is 0.378. The Morgan fingerprint density at radius 3 is 1.96 bits per heavy atom. The monoisotopic (exact) mass is 671 g/mol.